The van der Waals surface area contributed by atoms with Gasteiger partial charge < -0.3 is 0 Å². The van der Waals surface area contributed by atoms with E-state index < -0.39 is 0 Å². The molecule has 1 aliphatic carbocycles. The summed E-state index contributed by atoms with van der Waals surface area (Å²) in [6.45, 7) is 5.72. The summed E-state index contributed by atoms with van der Waals surface area (Å²) in [6, 6.07) is 7.26. The van der Waals surface area contributed by atoms with Gasteiger partial charge in [0.15, 0.2) is 11.6 Å². The second kappa shape index (κ2) is 4.65. The lowest BCUT2D eigenvalue weighted by molar-refractivity contribution is 0.0903. The third-order valence-corrected chi connectivity index (χ3v) is 3.94. The van der Waals surface area contributed by atoms with Gasteiger partial charge in [-0.2, -0.15) is 0 Å². The Kier molecular flexibility index (Phi) is 3.04. The molecule has 1 aromatic carbocycles. The summed E-state index contributed by atoms with van der Waals surface area (Å²) < 4.78 is 1.83. The van der Waals surface area contributed by atoms with Crippen molar-refractivity contribution in [3.8, 4) is 5.69 Å². The first-order valence-corrected chi connectivity index (χ1v) is 7.08. The number of ketones is 2. The van der Waals surface area contributed by atoms with Crippen LogP contribution in [0.15, 0.2) is 30.6 Å². The highest BCUT2D eigenvalue weighted by atomic mass is 16.1. The van der Waals surface area contributed by atoms with Crippen LogP contribution in [0.5, 0.6) is 0 Å². The number of nitrogens with zero attached hydrogens (tertiary/aromatic N) is 2. The van der Waals surface area contributed by atoms with E-state index in [1.54, 1.807) is 25.4 Å². The van der Waals surface area contributed by atoms with E-state index in [4.69, 9.17) is 0 Å². The minimum atomic E-state index is -0.0260. The van der Waals surface area contributed by atoms with Crippen LogP contribution < -0.4 is 0 Å². The maximum absolute atomic E-state index is 12.4. The van der Waals surface area contributed by atoms with E-state index in [1.807, 2.05) is 16.7 Å². The predicted molar refractivity (Wildman–Crippen MR) is 80.0 cm³/mol. The molecule has 3 rings (SSSR count). The molecular weight excluding hydrogens is 264 g/mol. The maximum Gasteiger partial charge on any atom is 0.182 e. The molecule has 0 radical (unpaired) electrons. The molecule has 0 amide bonds. The zero-order valence-corrected chi connectivity index (χ0v) is 12.5. The Morgan fingerprint density at radius 3 is 2.48 bits per heavy atom. The van der Waals surface area contributed by atoms with E-state index in [9.17, 15) is 9.59 Å². The summed E-state index contributed by atoms with van der Waals surface area (Å²) in [5.74, 6) is 0.168. The van der Waals surface area contributed by atoms with Crippen LogP contribution in [0.1, 0.15) is 53.7 Å². The van der Waals surface area contributed by atoms with Crippen molar-refractivity contribution in [1.82, 2.24) is 9.55 Å². The highest BCUT2D eigenvalue weighted by molar-refractivity contribution is 5.98. The average Bonchev–Trinajstić information content (AvgIpc) is 2.81. The fourth-order valence-electron chi connectivity index (χ4n) is 2.90. The van der Waals surface area contributed by atoms with Crippen molar-refractivity contribution < 1.29 is 9.59 Å². The van der Waals surface area contributed by atoms with Crippen molar-refractivity contribution in [3.05, 3.63) is 47.5 Å². The minimum absolute atomic E-state index is 0.0260. The van der Waals surface area contributed by atoms with Crippen molar-refractivity contribution in [1.29, 1.82) is 0 Å². The van der Waals surface area contributed by atoms with Gasteiger partial charge in [0, 0.05) is 17.7 Å². The molecule has 4 heteroatoms. The number of Topliss-reactive ketones (excluding diaryl/α,β-unsaturated/α-hetero) is 2. The number of imidazole rings is 1. The Labute approximate surface area is 123 Å². The number of hydrogen-bond donors (Lipinski definition) is 0. The number of rotatable bonds is 2. The van der Waals surface area contributed by atoms with Crippen molar-refractivity contribution in [3.63, 3.8) is 0 Å². The Bertz CT molecular complexity index is 724. The molecule has 1 aliphatic rings. The van der Waals surface area contributed by atoms with Crippen LogP contribution in [0.3, 0.4) is 0 Å². The van der Waals surface area contributed by atoms with Crippen LogP contribution in [-0.2, 0) is 6.42 Å². The molecule has 0 aliphatic heterocycles. The van der Waals surface area contributed by atoms with Gasteiger partial charge in [-0.1, -0.05) is 13.8 Å². The van der Waals surface area contributed by atoms with Crippen molar-refractivity contribution >= 4 is 11.6 Å². The summed E-state index contributed by atoms with van der Waals surface area (Å²) in [5.41, 5.74) is 3.06. The molecule has 0 bridgehead atoms. The van der Waals surface area contributed by atoms with Gasteiger partial charge in [0.25, 0.3) is 0 Å². The Hall–Kier alpha value is -2.23. The van der Waals surface area contributed by atoms with Crippen LogP contribution in [0.2, 0.25) is 0 Å². The van der Waals surface area contributed by atoms with Gasteiger partial charge in [-0.25, -0.2) is 4.98 Å². The van der Waals surface area contributed by atoms with E-state index in [0.717, 1.165) is 17.8 Å². The van der Waals surface area contributed by atoms with Crippen molar-refractivity contribution in [2.75, 3.05) is 0 Å². The minimum Gasteiger partial charge on any atom is -0.296 e. The first kappa shape index (κ1) is 13.7. The number of aromatic nitrogens is 2. The van der Waals surface area contributed by atoms with Crippen LogP contribution in [0.25, 0.3) is 5.69 Å². The van der Waals surface area contributed by atoms with E-state index in [0.29, 0.717) is 17.7 Å². The number of carbonyl (C=O) groups excluding carboxylic acids is 2. The molecule has 1 heterocycles. The summed E-state index contributed by atoms with van der Waals surface area (Å²) in [7, 11) is 0. The van der Waals surface area contributed by atoms with Crippen LogP contribution in [-0.4, -0.2) is 21.1 Å². The summed E-state index contributed by atoms with van der Waals surface area (Å²) in [6.07, 6.45) is 3.05. The molecule has 0 spiro atoms. The summed E-state index contributed by atoms with van der Waals surface area (Å²) >= 11 is 0. The SMILES string of the molecule is CC(=O)c1ccc(-n2cnc3c2C(=O)CC(C)(C)C3)cc1. The molecule has 4 nitrogen and oxygen atoms in total. The van der Waals surface area contributed by atoms with Gasteiger partial charge >= 0.3 is 0 Å². The Balaban J connectivity index is 2.04. The lowest BCUT2D eigenvalue weighted by Crippen LogP contribution is -2.28. The second-order valence-electron chi connectivity index (χ2n) is 6.45. The molecule has 1 aromatic heterocycles. The van der Waals surface area contributed by atoms with Crippen molar-refractivity contribution in [2.45, 2.75) is 33.6 Å². The van der Waals surface area contributed by atoms with E-state index >= 15 is 0 Å². The molecule has 0 atom stereocenters. The third-order valence-electron chi connectivity index (χ3n) is 3.94. The fraction of sp³-hybridized carbons (Fsp3) is 0.353. The topological polar surface area (TPSA) is 52.0 Å². The lowest BCUT2D eigenvalue weighted by Gasteiger charge is -2.28. The number of carbonyl (C=O) groups is 2. The van der Waals surface area contributed by atoms with Gasteiger partial charge in [-0.05, 0) is 43.0 Å². The van der Waals surface area contributed by atoms with Crippen molar-refractivity contribution in [2.24, 2.45) is 5.41 Å². The van der Waals surface area contributed by atoms with Crippen LogP contribution in [0.4, 0.5) is 0 Å². The molecule has 0 N–H and O–H groups in total. The molecule has 2 aromatic rings. The number of hydrogen-bond acceptors (Lipinski definition) is 3. The molecule has 108 valence electrons. The first-order valence-electron chi connectivity index (χ1n) is 7.08. The Morgan fingerprint density at radius 2 is 1.86 bits per heavy atom. The molecular formula is C17H18N2O2. The van der Waals surface area contributed by atoms with Crippen LogP contribution in [0, 0.1) is 5.41 Å². The van der Waals surface area contributed by atoms with E-state index in [-0.39, 0.29) is 17.0 Å². The molecule has 0 saturated carbocycles. The predicted octanol–water partition coefficient (Wildman–Crippen LogP) is 3.23. The third kappa shape index (κ3) is 2.42. The molecule has 0 saturated heterocycles. The molecule has 21 heavy (non-hydrogen) atoms. The smallest absolute Gasteiger partial charge is 0.182 e. The Morgan fingerprint density at radius 1 is 1.19 bits per heavy atom. The standard InChI is InChI=1S/C17H18N2O2/c1-11(20)12-4-6-13(7-5-12)19-10-18-14-8-17(2,3)9-15(21)16(14)19/h4-7,10H,8-9H2,1-3H3. The highest BCUT2D eigenvalue weighted by Gasteiger charge is 2.34. The highest BCUT2D eigenvalue weighted by Crippen LogP contribution is 2.34. The van der Waals surface area contributed by atoms with Crippen LogP contribution >= 0.6 is 0 Å². The van der Waals surface area contributed by atoms with E-state index in [1.165, 1.54) is 0 Å². The van der Waals surface area contributed by atoms with Gasteiger partial charge in [0.1, 0.15) is 12.0 Å². The van der Waals surface area contributed by atoms with Gasteiger partial charge in [0.2, 0.25) is 0 Å². The maximum atomic E-state index is 12.4. The number of fused-ring (bicyclic) bond motifs is 1. The molecule has 0 unspecified atom stereocenters. The quantitative estimate of drug-likeness (QED) is 0.795. The van der Waals surface area contributed by atoms with Gasteiger partial charge in [0.05, 0.1) is 5.69 Å². The van der Waals surface area contributed by atoms with E-state index in [2.05, 4.69) is 18.8 Å². The summed E-state index contributed by atoms with van der Waals surface area (Å²) in [4.78, 5) is 28.2. The first-order chi connectivity index (χ1) is 9.87. The normalized spacial score (nSPS) is 16.6. The monoisotopic (exact) mass is 282 g/mol. The number of benzene rings is 1. The largest absolute Gasteiger partial charge is 0.296 e. The van der Waals surface area contributed by atoms with Gasteiger partial charge in [-0.15, -0.1) is 0 Å². The molecule has 0 fully saturated rings. The zero-order chi connectivity index (χ0) is 15.2. The van der Waals surface area contributed by atoms with Gasteiger partial charge in [-0.3, -0.25) is 14.2 Å². The lowest BCUT2D eigenvalue weighted by atomic mass is 9.77. The fourth-order valence-corrected chi connectivity index (χ4v) is 2.90. The summed E-state index contributed by atoms with van der Waals surface area (Å²) in [5, 5.41) is 0. The zero-order valence-electron chi connectivity index (χ0n) is 12.5. The second-order valence-corrected chi connectivity index (χ2v) is 6.45. The average molecular weight is 282 g/mol.